The molecule has 1 aromatic carbocycles. The number of imidazole rings is 1. The van der Waals surface area contributed by atoms with E-state index in [4.69, 9.17) is 10.8 Å². The highest BCUT2D eigenvalue weighted by molar-refractivity contribution is 5.75. The van der Waals surface area contributed by atoms with Gasteiger partial charge in [-0.3, -0.25) is 11.3 Å². The van der Waals surface area contributed by atoms with E-state index < -0.39 is 0 Å². The van der Waals surface area contributed by atoms with Crippen LogP contribution in [0.25, 0.3) is 11.0 Å². The molecule has 1 aromatic heterocycles. The van der Waals surface area contributed by atoms with E-state index in [0.29, 0.717) is 6.04 Å². The molecule has 4 nitrogen and oxygen atoms in total. The molecule has 2 aliphatic rings. The molecule has 0 spiro atoms. The summed E-state index contributed by atoms with van der Waals surface area (Å²) in [6.07, 6.45) is 5.10. The third kappa shape index (κ3) is 2.27. The first-order chi connectivity index (χ1) is 10.3. The molecule has 21 heavy (non-hydrogen) atoms. The maximum atomic E-state index is 5.86. The predicted molar refractivity (Wildman–Crippen MR) is 84.5 cm³/mol. The Bertz CT molecular complexity index is 637. The number of hydrazine groups is 1. The number of fused-ring (bicyclic) bond motifs is 2. The summed E-state index contributed by atoms with van der Waals surface area (Å²) >= 11 is 0. The van der Waals surface area contributed by atoms with Gasteiger partial charge in [0.05, 0.1) is 11.0 Å². The molecule has 1 heterocycles. The molecule has 3 unspecified atom stereocenters. The minimum atomic E-state index is 0.361. The monoisotopic (exact) mass is 284 g/mol. The van der Waals surface area contributed by atoms with E-state index in [1.807, 2.05) is 0 Å². The summed E-state index contributed by atoms with van der Waals surface area (Å²) in [5.41, 5.74) is 5.41. The minimum absolute atomic E-state index is 0.361. The number of nitrogens with zero attached hydrogens (tertiary/aromatic N) is 2. The smallest absolute Gasteiger partial charge is 0.111 e. The number of aryl methyl sites for hydroxylation is 1. The van der Waals surface area contributed by atoms with Crippen molar-refractivity contribution in [2.45, 2.75) is 45.2 Å². The summed E-state index contributed by atoms with van der Waals surface area (Å²) in [4.78, 5) is 4.84. The zero-order chi connectivity index (χ0) is 14.4. The zero-order valence-corrected chi connectivity index (χ0v) is 12.6. The van der Waals surface area contributed by atoms with Gasteiger partial charge in [-0.05, 0) is 56.1 Å². The second-order valence-corrected chi connectivity index (χ2v) is 6.73. The summed E-state index contributed by atoms with van der Waals surface area (Å²) < 4.78 is 2.33. The van der Waals surface area contributed by atoms with Crippen LogP contribution in [-0.4, -0.2) is 15.6 Å². The molecule has 2 fully saturated rings. The Balaban J connectivity index is 1.60. The number of aromatic nitrogens is 2. The fraction of sp³-hybridized carbons (Fsp3) is 0.588. The molecule has 3 N–H and O–H groups in total. The Hall–Kier alpha value is -1.39. The van der Waals surface area contributed by atoms with Gasteiger partial charge in [0.2, 0.25) is 0 Å². The van der Waals surface area contributed by atoms with Gasteiger partial charge in [-0.2, -0.15) is 0 Å². The number of hydrogen-bond acceptors (Lipinski definition) is 3. The van der Waals surface area contributed by atoms with Gasteiger partial charge in [0.1, 0.15) is 5.82 Å². The second kappa shape index (κ2) is 5.11. The van der Waals surface area contributed by atoms with Gasteiger partial charge in [0.15, 0.2) is 0 Å². The van der Waals surface area contributed by atoms with Crippen LogP contribution in [0.2, 0.25) is 0 Å². The van der Waals surface area contributed by atoms with E-state index >= 15 is 0 Å². The molecule has 4 heteroatoms. The van der Waals surface area contributed by atoms with E-state index in [9.17, 15) is 0 Å². The lowest BCUT2D eigenvalue weighted by atomic mass is 9.92. The Morgan fingerprint density at radius 1 is 1.29 bits per heavy atom. The van der Waals surface area contributed by atoms with Gasteiger partial charge in [0, 0.05) is 19.0 Å². The lowest BCUT2D eigenvalue weighted by molar-refractivity contribution is 0.329. The molecule has 2 saturated carbocycles. The van der Waals surface area contributed by atoms with E-state index in [1.54, 1.807) is 0 Å². The summed E-state index contributed by atoms with van der Waals surface area (Å²) in [7, 11) is 0. The second-order valence-electron chi connectivity index (χ2n) is 6.73. The minimum Gasteiger partial charge on any atom is -0.328 e. The van der Waals surface area contributed by atoms with Crippen LogP contribution < -0.4 is 11.3 Å². The summed E-state index contributed by atoms with van der Waals surface area (Å²) in [6, 6.07) is 8.76. The Labute approximate surface area is 125 Å². The van der Waals surface area contributed by atoms with E-state index in [1.165, 1.54) is 30.6 Å². The molecule has 0 amide bonds. The van der Waals surface area contributed by atoms with Crippen molar-refractivity contribution in [2.24, 2.45) is 23.6 Å². The molecular formula is C17H24N4. The van der Waals surface area contributed by atoms with Crippen molar-refractivity contribution in [3.05, 3.63) is 30.1 Å². The molecule has 0 aliphatic heterocycles. The first-order valence-corrected chi connectivity index (χ1v) is 8.20. The fourth-order valence-electron chi connectivity index (χ4n) is 4.28. The van der Waals surface area contributed by atoms with Crippen LogP contribution in [0.15, 0.2) is 24.3 Å². The number of para-hydroxylation sites is 2. The summed E-state index contributed by atoms with van der Waals surface area (Å²) in [5.74, 6) is 9.75. The number of nitrogens with two attached hydrogens (primary N) is 1. The van der Waals surface area contributed by atoms with Gasteiger partial charge >= 0.3 is 0 Å². The van der Waals surface area contributed by atoms with Crippen molar-refractivity contribution in [1.29, 1.82) is 0 Å². The lowest BCUT2D eigenvalue weighted by Crippen LogP contribution is -2.42. The van der Waals surface area contributed by atoms with Crippen molar-refractivity contribution in [3.8, 4) is 0 Å². The Morgan fingerprint density at radius 2 is 2.05 bits per heavy atom. The highest BCUT2D eigenvalue weighted by Crippen LogP contribution is 2.55. The molecule has 2 aromatic rings. The van der Waals surface area contributed by atoms with Crippen molar-refractivity contribution in [2.75, 3.05) is 0 Å². The van der Waals surface area contributed by atoms with Gasteiger partial charge in [-0.1, -0.05) is 12.1 Å². The third-order valence-electron chi connectivity index (χ3n) is 5.52. The van der Waals surface area contributed by atoms with E-state index in [0.717, 1.165) is 36.2 Å². The molecule has 0 radical (unpaired) electrons. The quantitative estimate of drug-likeness (QED) is 0.655. The summed E-state index contributed by atoms with van der Waals surface area (Å²) in [6.45, 7) is 3.15. The van der Waals surface area contributed by atoms with Gasteiger partial charge < -0.3 is 4.57 Å². The van der Waals surface area contributed by atoms with Crippen LogP contribution in [0, 0.1) is 17.8 Å². The molecule has 4 rings (SSSR count). The average molecular weight is 284 g/mol. The normalized spacial score (nSPS) is 28.8. The predicted octanol–water partition coefficient (Wildman–Crippen LogP) is 2.48. The van der Waals surface area contributed by atoms with Crippen molar-refractivity contribution >= 4 is 11.0 Å². The molecule has 0 bridgehead atoms. The van der Waals surface area contributed by atoms with Gasteiger partial charge in [-0.15, -0.1) is 0 Å². The summed E-state index contributed by atoms with van der Waals surface area (Å²) in [5, 5.41) is 0. The lowest BCUT2D eigenvalue weighted by Gasteiger charge is -2.24. The Morgan fingerprint density at radius 3 is 2.76 bits per heavy atom. The SMILES string of the molecule is CCn1c(CC(NN)C2CC3CC3C2)nc2ccccc21. The van der Waals surface area contributed by atoms with Crippen molar-refractivity contribution in [1.82, 2.24) is 15.0 Å². The molecule has 3 atom stereocenters. The zero-order valence-electron chi connectivity index (χ0n) is 12.6. The van der Waals surface area contributed by atoms with E-state index in [-0.39, 0.29) is 0 Å². The van der Waals surface area contributed by atoms with Crippen LogP contribution in [0.5, 0.6) is 0 Å². The van der Waals surface area contributed by atoms with E-state index in [2.05, 4.69) is 41.2 Å². The van der Waals surface area contributed by atoms with Crippen LogP contribution in [0.3, 0.4) is 0 Å². The standard InChI is InChI=1S/C17H24N4/c1-2-21-16-6-4-3-5-14(16)19-17(21)10-15(20-18)13-8-11-7-12(11)9-13/h3-6,11-13,15,20H,2,7-10,18H2,1H3. The molecular weight excluding hydrogens is 260 g/mol. The van der Waals surface area contributed by atoms with Crippen LogP contribution in [0.4, 0.5) is 0 Å². The maximum Gasteiger partial charge on any atom is 0.111 e. The number of hydrogen-bond donors (Lipinski definition) is 2. The topological polar surface area (TPSA) is 55.9 Å². The largest absolute Gasteiger partial charge is 0.328 e. The molecule has 2 aliphatic carbocycles. The average Bonchev–Trinajstić information content (AvgIpc) is 2.97. The van der Waals surface area contributed by atoms with Crippen LogP contribution in [0.1, 0.15) is 32.0 Å². The number of rotatable bonds is 5. The first-order valence-electron chi connectivity index (χ1n) is 8.20. The van der Waals surface area contributed by atoms with Crippen LogP contribution >= 0.6 is 0 Å². The maximum absolute atomic E-state index is 5.86. The number of nitrogens with one attached hydrogen (secondary N) is 1. The van der Waals surface area contributed by atoms with Crippen molar-refractivity contribution < 1.29 is 0 Å². The Kier molecular flexibility index (Phi) is 3.23. The first kappa shape index (κ1) is 13.3. The van der Waals surface area contributed by atoms with Gasteiger partial charge in [0.25, 0.3) is 0 Å². The molecule has 0 saturated heterocycles. The number of benzene rings is 1. The third-order valence-corrected chi connectivity index (χ3v) is 5.52. The highest BCUT2D eigenvalue weighted by atomic mass is 15.2. The fourth-order valence-corrected chi connectivity index (χ4v) is 4.28. The molecule has 112 valence electrons. The van der Waals surface area contributed by atoms with Crippen molar-refractivity contribution in [3.63, 3.8) is 0 Å². The van der Waals surface area contributed by atoms with Gasteiger partial charge in [-0.25, -0.2) is 4.98 Å². The highest BCUT2D eigenvalue weighted by Gasteiger charge is 2.47. The van der Waals surface area contributed by atoms with Crippen LogP contribution in [-0.2, 0) is 13.0 Å².